The second-order valence-electron chi connectivity index (χ2n) is 5.87. The minimum absolute atomic E-state index is 0.794. The molecule has 0 saturated heterocycles. The molecule has 0 aliphatic carbocycles. The third kappa shape index (κ3) is 4.37. The van der Waals surface area contributed by atoms with Gasteiger partial charge in [-0.2, -0.15) is 10.2 Å². The molecule has 4 aromatic rings. The van der Waals surface area contributed by atoms with Gasteiger partial charge < -0.3 is 0 Å². The summed E-state index contributed by atoms with van der Waals surface area (Å²) < 4.78 is 0. The van der Waals surface area contributed by atoms with Crippen molar-refractivity contribution in [1.82, 2.24) is 19.9 Å². The van der Waals surface area contributed by atoms with Crippen molar-refractivity contribution in [1.29, 1.82) is 0 Å². The minimum atomic E-state index is 0.794. The molecule has 0 N–H and O–H groups in total. The maximum absolute atomic E-state index is 4.35. The Morgan fingerprint density at radius 2 is 0.964 bits per heavy atom. The molecular weight excluding hydrogens is 348 g/mol. The maximum Gasteiger partial charge on any atom is 0.0892 e. The van der Waals surface area contributed by atoms with E-state index in [1.165, 1.54) is 0 Å². The van der Waals surface area contributed by atoms with Crippen LogP contribution in [0.3, 0.4) is 0 Å². The van der Waals surface area contributed by atoms with Gasteiger partial charge in [-0.25, -0.2) is 0 Å². The second kappa shape index (κ2) is 8.55. The van der Waals surface area contributed by atoms with Crippen molar-refractivity contribution in [2.75, 3.05) is 0 Å². The molecule has 0 bridgehead atoms. The first-order valence-corrected chi connectivity index (χ1v) is 8.70. The fourth-order valence-electron chi connectivity index (χ4n) is 2.56. The van der Waals surface area contributed by atoms with E-state index in [9.17, 15) is 0 Å². The molecule has 0 fully saturated rings. The lowest BCUT2D eigenvalue weighted by Gasteiger charge is -2.00. The number of pyridine rings is 4. The van der Waals surface area contributed by atoms with Gasteiger partial charge in [0.1, 0.15) is 0 Å². The molecule has 0 aliphatic rings. The first-order valence-electron chi connectivity index (χ1n) is 8.70. The topological polar surface area (TPSA) is 76.3 Å². The van der Waals surface area contributed by atoms with Crippen molar-refractivity contribution in [3.8, 4) is 22.8 Å². The first-order chi connectivity index (χ1) is 13.9. The highest BCUT2D eigenvalue weighted by Crippen LogP contribution is 2.15. The third-order valence-corrected chi connectivity index (χ3v) is 3.90. The van der Waals surface area contributed by atoms with Crippen LogP contribution >= 0.6 is 0 Å². The van der Waals surface area contributed by atoms with Gasteiger partial charge in [-0.15, -0.1) is 0 Å². The fourth-order valence-corrected chi connectivity index (χ4v) is 2.56. The summed E-state index contributed by atoms with van der Waals surface area (Å²) in [6, 6.07) is 19.1. The molecule has 0 aromatic carbocycles. The molecule has 0 aliphatic heterocycles. The molecule has 0 unspecified atom stereocenters. The smallest absolute Gasteiger partial charge is 0.0892 e. The number of aromatic nitrogens is 4. The Kier molecular flexibility index (Phi) is 5.30. The molecule has 6 nitrogen and oxygen atoms in total. The number of hydrogen-bond donors (Lipinski definition) is 0. The quantitative estimate of drug-likeness (QED) is 0.395. The van der Waals surface area contributed by atoms with Crippen LogP contribution < -0.4 is 0 Å². The summed E-state index contributed by atoms with van der Waals surface area (Å²) in [5, 5.41) is 8.27. The molecule has 6 heteroatoms. The van der Waals surface area contributed by atoms with Gasteiger partial charge in [0.15, 0.2) is 0 Å². The molecule has 0 amide bonds. The van der Waals surface area contributed by atoms with Crippen molar-refractivity contribution in [3.63, 3.8) is 0 Å². The predicted octanol–water partition coefficient (Wildman–Crippen LogP) is 4.05. The average Bonchev–Trinajstić information content (AvgIpc) is 2.78. The van der Waals surface area contributed by atoms with Crippen LogP contribution in [-0.2, 0) is 0 Å². The van der Waals surface area contributed by atoms with Crippen LogP contribution in [0, 0.1) is 0 Å². The number of hydrogen-bond acceptors (Lipinski definition) is 6. The first kappa shape index (κ1) is 17.4. The van der Waals surface area contributed by atoms with E-state index in [0.717, 1.165) is 33.9 Å². The van der Waals surface area contributed by atoms with Gasteiger partial charge in [0, 0.05) is 24.8 Å². The monoisotopic (exact) mass is 364 g/mol. The maximum atomic E-state index is 4.35. The van der Waals surface area contributed by atoms with Crippen molar-refractivity contribution in [2.45, 2.75) is 0 Å². The normalized spacial score (nSPS) is 11.3. The lowest BCUT2D eigenvalue weighted by atomic mass is 10.2. The molecule has 28 heavy (non-hydrogen) atoms. The molecule has 134 valence electrons. The van der Waals surface area contributed by atoms with E-state index >= 15 is 0 Å². The van der Waals surface area contributed by atoms with Crippen molar-refractivity contribution >= 4 is 12.4 Å². The van der Waals surface area contributed by atoms with Gasteiger partial charge in [0.25, 0.3) is 0 Å². The van der Waals surface area contributed by atoms with Crippen LogP contribution in [0.15, 0.2) is 95.7 Å². The standard InChI is InChI=1S/C22H16N6/c1-3-9-23-19(5-1)21-13-17(7-11-25-21)15-27-28-16-18-8-12-26-22(14-18)20-6-2-4-10-24-20/h1-16H/b27-15+,28-16+. The van der Waals surface area contributed by atoms with Gasteiger partial charge in [0.2, 0.25) is 0 Å². The Hall–Kier alpha value is -4.06. The molecule has 0 atom stereocenters. The molecule has 4 rings (SSSR count). The van der Waals surface area contributed by atoms with Crippen LogP contribution in [0.4, 0.5) is 0 Å². The SMILES string of the molecule is C(=N\N=C\c1ccnc(-c2ccccn2)c1)/c1ccnc(-c2ccccn2)c1. The highest BCUT2D eigenvalue weighted by Gasteiger charge is 2.01. The van der Waals surface area contributed by atoms with Gasteiger partial charge in [-0.3, -0.25) is 19.9 Å². The van der Waals surface area contributed by atoms with E-state index in [4.69, 9.17) is 0 Å². The van der Waals surface area contributed by atoms with Gasteiger partial charge >= 0.3 is 0 Å². The summed E-state index contributed by atoms with van der Waals surface area (Å²) in [6.07, 6.45) is 10.3. The Balaban J connectivity index is 1.48. The predicted molar refractivity (Wildman–Crippen MR) is 110 cm³/mol. The van der Waals surface area contributed by atoms with E-state index in [1.54, 1.807) is 37.2 Å². The lowest BCUT2D eigenvalue weighted by molar-refractivity contribution is 1.23. The highest BCUT2D eigenvalue weighted by molar-refractivity contribution is 5.84. The van der Waals surface area contributed by atoms with E-state index in [0.29, 0.717) is 0 Å². The zero-order chi connectivity index (χ0) is 19.0. The molecule has 4 heterocycles. The van der Waals surface area contributed by atoms with Crippen LogP contribution in [0.2, 0.25) is 0 Å². The van der Waals surface area contributed by atoms with Crippen molar-refractivity contribution in [2.24, 2.45) is 10.2 Å². The van der Waals surface area contributed by atoms with E-state index in [1.807, 2.05) is 60.7 Å². The molecular formula is C22H16N6. The Bertz CT molecular complexity index is 1020. The fraction of sp³-hybridized carbons (Fsp3) is 0. The van der Waals surface area contributed by atoms with Gasteiger partial charge in [-0.05, 0) is 59.7 Å². The van der Waals surface area contributed by atoms with Crippen molar-refractivity contribution in [3.05, 3.63) is 96.6 Å². The molecule has 4 aromatic heterocycles. The summed E-state index contributed by atoms with van der Waals surface area (Å²) in [5.41, 5.74) is 5.03. The summed E-state index contributed by atoms with van der Waals surface area (Å²) in [6.45, 7) is 0. The second-order valence-corrected chi connectivity index (χ2v) is 5.87. The summed E-state index contributed by atoms with van der Waals surface area (Å²) in [7, 11) is 0. The highest BCUT2D eigenvalue weighted by atomic mass is 15.2. The number of rotatable bonds is 5. The van der Waals surface area contributed by atoms with Crippen LogP contribution in [-0.4, -0.2) is 32.4 Å². The minimum Gasteiger partial charge on any atom is -0.255 e. The third-order valence-electron chi connectivity index (χ3n) is 3.90. The molecule has 0 radical (unpaired) electrons. The van der Waals surface area contributed by atoms with E-state index in [-0.39, 0.29) is 0 Å². The molecule has 0 spiro atoms. The van der Waals surface area contributed by atoms with Gasteiger partial charge in [0.05, 0.1) is 35.2 Å². The Morgan fingerprint density at radius 3 is 1.39 bits per heavy atom. The van der Waals surface area contributed by atoms with E-state index < -0.39 is 0 Å². The Labute approximate surface area is 162 Å². The Morgan fingerprint density at radius 1 is 0.500 bits per heavy atom. The molecule has 0 saturated carbocycles. The van der Waals surface area contributed by atoms with Crippen molar-refractivity contribution < 1.29 is 0 Å². The summed E-state index contributed by atoms with van der Waals surface area (Å²) in [4.78, 5) is 17.3. The van der Waals surface area contributed by atoms with Crippen LogP contribution in [0.1, 0.15) is 11.1 Å². The largest absolute Gasteiger partial charge is 0.255 e. The number of nitrogens with zero attached hydrogens (tertiary/aromatic N) is 6. The van der Waals surface area contributed by atoms with Gasteiger partial charge in [-0.1, -0.05) is 12.1 Å². The van der Waals surface area contributed by atoms with Crippen LogP contribution in [0.5, 0.6) is 0 Å². The lowest BCUT2D eigenvalue weighted by Crippen LogP contribution is -1.90. The summed E-state index contributed by atoms with van der Waals surface area (Å²) in [5.74, 6) is 0. The average molecular weight is 364 g/mol. The zero-order valence-corrected chi connectivity index (χ0v) is 14.9. The van der Waals surface area contributed by atoms with E-state index in [2.05, 4.69) is 30.1 Å². The summed E-state index contributed by atoms with van der Waals surface area (Å²) >= 11 is 0. The van der Waals surface area contributed by atoms with Crippen LogP contribution in [0.25, 0.3) is 22.8 Å². The zero-order valence-electron chi connectivity index (χ0n) is 14.9.